The van der Waals surface area contributed by atoms with E-state index >= 15 is 0 Å². The summed E-state index contributed by atoms with van der Waals surface area (Å²) in [7, 11) is 0. The predicted octanol–water partition coefficient (Wildman–Crippen LogP) is 8.31. The van der Waals surface area contributed by atoms with Crippen LogP contribution < -0.4 is 9.47 Å². The summed E-state index contributed by atoms with van der Waals surface area (Å²) in [4.78, 5) is 25.1. The van der Waals surface area contributed by atoms with E-state index in [1.165, 1.54) is 51.4 Å². The van der Waals surface area contributed by atoms with Gasteiger partial charge in [0.2, 0.25) is 0 Å². The molecule has 200 valence electrons. The van der Waals surface area contributed by atoms with E-state index in [1.54, 1.807) is 48.5 Å². The lowest BCUT2D eigenvalue weighted by Gasteiger charge is -2.22. The molecule has 5 nitrogen and oxygen atoms in total. The van der Waals surface area contributed by atoms with Crippen LogP contribution in [0.15, 0.2) is 54.6 Å². The van der Waals surface area contributed by atoms with E-state index in [0.717, 1.165) is 37.0 Å². The number of carbonyl (C=O) groups excluding carboxylic acids is 2. The maximum absolute atomic E-state index is 12.6. The van der Waals surface area contributed by atoms with Gasteiger partial charge in [0.05, 0.1) is 17.7 Å². The van der Waals surface area contributed by atoms with E-state index in [1.807, 2.05) is 6.08 Å². The predicted molar refractivity (Wildman–Crippen MR) is 148 cm³/mol. The summed E-state index contributed by atoms with van der Waals surface area (Å²) >= 11 is 0. The second-order valence-corrected chi connectivity index (χ2v) is 9.78. The molecule has 0 spiro atoms. The summed E-state index contributed by atoms with van der Waals surface area (Å²) in [5, 5.41) is 0. The number of rotatable bonds is 16. The summed E-state index contributed by atoms with van der Waals surface area (Å²) in [6.07, 6.45) is 15.6. The molecule has 2 aromatic rings. The van der Waals surface area contributed by atoms with Gasteiger partial charge in [-0.15, -0.1) is 0 Å². The van der Waals surface area contributed by atoms with Crippen molar-refractivity contribution in [3.05, 3.63) is 65.7 Å². The molecule has 0 N–H and O–H groups in total. The first-order valence-electron chi connectivity index (χ1n) is 14.1. The minimum atomic E-state index is -0.433. The highest BCUT2D eigenvalue weighted by molar-refractivity contribution is 6.17. The molecular formula is C32H42O5. The van der Waals surface area contributed by atoms with E-state index < -0.39 is 5.97 Å². The Kier molecular flexibility index (Phi) is 12.2. The zero-order chi connectivity index (χ0) is 26.3. The van der Waals surface area contributed by atoms with Gasteiger partial charge in [-0.05, 0) is 61.2 Å². The number of unbranched alkanes of at least 4 members (excludes halogenated alkanes) is 8. The molecule has 0 fully saturated rings. The van der Waals surface area contributed by atoms with Crippen molar-refractivity contribution >= 4 is 17.5 Å². The Hall–Kier alpha value is -3.08. The highest BCUT2D eigenvalue weighted by Gasteiger charge is 2.23. The molecule has 0 radical (unpaired) electrons. The minimum Gasteiger partial charge on any atom is -0.494 e. The number of hydrogen-bond acceptors (Lipinski definition) is 5. The minimum absolute atomic E-state index is 0.0272. The van der Waals surface area contributed by atoms with Crippen LogP contribution in [0.25, 0.3) is 5.57 Å². The molecule has 0 saturated carbocycles. The monoisotopic (exact) mass is 506 g/mol. The van der Waals surface area contributed by atoms with E-state index in [2.05, 4.69) is 13.8 Å². The molecule has 0 aliphatic carbocycles. The molecule has 3 rings (SSSR count). The highest BCUT2D eigenvalue weighted by atomic mass is 16.5. The van der Waals surface area contributed by atoms with Gasteiger partial charge in [0.1, 0.15) is 17.6 Å². The first-order valence-corrected chi connectivity index (χ1v) is 14.1. The summed E-state index contributed by atoms with van der Waals surface area (Å²) < 4.78 is 16.9. The molecule has 0 bridgehead atoms. The normalized spacial score (nSPS) is 15.1. The van der Waals surface area contributed by atoms with Crippen LogP contribution in [0.3, 0.4) is 0 Å². The second kappa shape index (κ2) is 15.9. The lowest BCUT2D eigenvalue weighted by Crippen LogP contribution is -2.23. The number of hydrogen-bond donors (Lipinski definition) is 0. The molecular weight excluding hydrogens is 464 g/mol. The lowest BCUT2D eigenvalue weighted by atomic mass is 9.98. The summed E-state index contributed by atoms with van der Waals surface area (Å²) in [6, 6.07) is 14.0. The van der Waals surface area contributed by atoms with Crippen molar-refractivity contribution in [2.75, 3.05) is 6.61 Å². The van der Waals surface area contributed by atoms with Gasteiger partial charge in [-0.3, -0.25) is 0 Å². The summed E-state index contributed by atoms with van der Waals surface area (Å²) in [6.45, 7) is 5.09. The zero-order valence-corrected chi connectivity index (χ0v) is 22.5. The van der Waals surface area contributed by atoms with Crippen molar-refractivity contribution in [3.63, 3.8) is 0 Å². The van der Waals surface area contributed by atoms with E-state index in [4.69, 9.17) is 14.2 Å². The van der Waals surface area contributed by atoms with Gasteiger partial charge in [0.25, 0.3) is 0 Å². The maximum atomic E-state index is 12.6. The van der Waals surface area contributed by atoms with Crippen molar-refractivity contribution in [1.82, 2.24) is 0 Å². The first kappa shape index (κ1) is 28.5. The average Bonchev–Trinajstić information content (AvgIpc) is 2.91. The Balaban J connectivity index is 1.44. The van der Waals surface area contributed by atoms with Crippen LogP contribution in [0.4, 0.5) is 0 Å². The second-order valence-electron chi connectivity index (χ2n) is 9.78. The van der Waals surface area contributed by atoms with Crippen LogP contribution in [0.1, 0.15) is 107 Å². The van der Waals surface area contributed by atoms with Crippen LogP contribution in [0.5, 0.6) is 11.5 Å². The van der Waals surface area contributed by atoms with Crippen LogP contribution in [-0.4, -0.2) is 24.6 Å². The third-order valence-corrected chi connectivity index (χ3v) is 6.69. The van der Waals surface area contributed by atoms with Crippen molar-refractivity contribution in [1.29, 1.82) is 0 Å². The number of carbonyl (C=O) groups is 2. The van der Waals surface area contributed by atoms with Crippen molar-refractivity contribution < 1.29 is 23.8 Å². The summed E-state index contributed by atoms with van der Waals surface area (Å²) in [5.41, 5.74) is 1.79. The van der Waals surface area contributed by atoms with E-state index in [0.29, 0.717) is 23.5 Å². The van der Waals surface area contributed by atoms with Crippen LogP contribution >= 0.6 is 0 Å². The molecule has 1 atom stereocenters. The van der Waals surface area contributed by atoms with Crippen LogP contribution in [0.2, 0.25) is 0 Å². The summed E-state index contributed by atoms with van der Waals surface area (Å²) in [5.74, 6) is 0.466. The van der Waals surface area contributed by atoms with Gasteiger partial charge in [-0.1, -0.05) is 83.4 Å². The van der Waals surface area contributed by atoms with Gasteiger partial charge >= 0.3 is 11.9 Å². The molecule has 0 saturated heterocycles. The molecule has 0 amide bonds. The van der Waals surface area contributed by atoms with E-state index in [-0.39, 0.29) is 12.1 Å². The average molecular weight is 507 g/mol. The Morgan fingerprint density at radius 2 is 1.43 bits per heavy atom. The van der Waals surface area contributed by atoms with Gasteiger partial charge < -0.3 is 14.2 Å². The highest BCUT2D eigenvalue weighted by Crippen LogP contribution is 2.27. The molecule has 2 aromatic carbocycles. The molecule has 1 aliphatic rings. The SMILES string of the molecule is CCCCCCCCOc1ccc(C(=O)Oc2ccc(C3=CC[C@@H](CCCCCC)OC3=O)cc2)cc1. The molecule has 37 heavy (non-hydrogen) atoms. The zero-order valence-electron chi connectivity index (χ0n) is 22.5. The van der Waals surface area contributed by atoms with E-state index in [9.17, 15) is 9.59 Å². The van der Waals surface area contributed by atoms with Gasteiger partial charge in [-0.25, -0.2) is 9.59 Å². The van der Waals surface area contributed by atoms with Crippen molar-refractivity contribution in [3.8, 4) is 11.5 Å². The number of cyclic esters (lactones) is 1. The number of benzene rings is 2. The topological polar surface area (TPSA) is 61.8 Å². The fraction of sp³-hybridized carbons (Fsp3) is 0.500. The number of esters is 2. The molecule has 5 heteroatoms. The largest absolute Gasteiger partial charge is 0.494 e. The lowest BCUT2D eigenvalue weighted by molar-refractivity contribution is -0.143. The number of ether oxygens (including phenoxy) is 3. The quantitative estimate of drug-likeness (QED) is 0.130. The fourth-order valence-corrected chi connectivity index (χ4v) is 4.44. The third kappa shape index (κ3) is 9.71. The molecule has 1 aliphatic heterocycles. The van der Waals surface area contributed by atoms with Gasteiger partial charge in [0, 0.05) is 6.42 Å². The molecule has 1 heterocycles. The van der Waals surface area contributed by atoms with Crippen molar-refractivity contribution in [2.45, 2.75) is 97.0 Å². The van der Waals surface area contributed by atoms with Gasteiger partial charge in [-0.2, -0.15) is 0 Å². The standard InChI is InChI=1S/C32H42O5/c1-3-5-7-9-10-12-24-35-27-18-16-26(17-19-27)31(33)36-29-20-14-25(15-21-29)30-23-22-28(37-32(30)34)13-11-8-6-4-2/h14-21,23,28H,3-13,22,24H2,1-2H3/t28-/m1/s1. The molecule has 0 unspecified atom stereocenters. The van der Waals surface area contributed by atoms with Crippen LogP contribution in [-0.2, 0) is 9.53 Å². The Bertz CT molecular complexity index is 991. The fourth-order valence-electron chi connectivity index (χ4n) is 4.44. The first-order chi connectivity index (χ1) is 18.1. The van der Waals surface area contributed by atoms with Crippen LogP contribution in [0, 0.1) is 0 Å². The van der Waals surface area contributed by atoms with Crippen molar-refractivity contribution in [2.24, 2.45) is 0 Å². The Morgan fingerprint density at radius 1 is 0.811 bits per heavy atom. The smallest absolute Gasteiger partial charge is 0.343 e. The third-order valence-electron chi connectivity index (χ3n) is 6.69. The maximum Gasteiger partial charge on any atom is 0.343 e. The Labute approximate surface area is 222 Å². The molecule has 0 aromatic heterocycles. The van der Waals surface area contributed by atoms with Gasteiger partial charge in [0.15, 0.2) is 0 Å². The Morgan fingerprint density at radius 3 is 2.11 bits per heavy atom.